The Morgan fingerprint density at radius 3 is 1.93 bits per heavy atom. The average Bonchev–Trinajstić information content (AvgIpc) is 3.65. The summed E-state index contributed by atoms with van der Waals surface area (Å²) in [6.45, 7) is 22.8. The number of hydrogen-bond acceptors (Lipinski definition) is 3. The zero-order valence-electron chi connectivity index (χ0n) is 37.4. The fourth-order valence-corrected chi connectivity index (χ4v) is 12.3. The molecule has 4 saturated carbocycles. The molecule has 0 radical (unpaired) electrons. The van der Waals surface area contributed by atoms with Gasteiger partial charge in [0, 0.05) is 6.54 Å². The minimum atomic E-state index is -0.844. The normalized spacial score (nSPS) is 30.1. The number of nitrogens with one attached hydrogen (secondary N) is 1. The van der Waals surface area contributed by atoms with Crippen molar-refractivity contribution in [2.24, 2.45) is 51.2 Å². The minimum Gasteiger partial charge on any atom is -0.497 e. The smallest absolute Gasteiger partial charge is 0.335 e. The van der Waals surface area contributed by atoms with Gasteiger partial charge in [-0.25, -0.2) is 4.79 Å². The van der Waals surface area contributed by atoms with Crippen LogP contribution < -0.4 is 10.1 Å². The van der Waals surface area contributed by atoms with Gasteiger partial charge in [0.25, 0.3) is 0 Å². The number of carboxylic acid groups (broad SMARTS) is 1. The molecule has 7 rings (SSSR count). The number of amides is 1. The van der Waals surface area contributed by atoms with Gasteiger partial charge in [0.15, 0.2) is 0 Å². The molecular formula is C53H75NO4. The minimum absolute atomic E-state index is 0.104. The van der Waals surface area contributed by atoms with E-state index in [1.807, 2.05) is 57.2 Å². The van der Waals surface area contributed by atoms with E-state index < -0.39 is 5.97 Å². The van der Waals surface area contributed by atoms with Crippen molar-refractivity contribution in [3.8, 4) is 44.3 Å². The van der Waals surface area contributed by atoms with Crippen molar-refractivity contribution in [1.82, 2.24) is 5.32 Å². The lowest BCUT2D eigenvalue weighted by atomic mass is 9.36. The number of allylic oxidation sites excluding steroid dienone is 3. The monoisotopic (exact) mass is 790 g/mol. The topological polar surface area (TPSA) is 75.6 Å². The van der Waals surface area contributed by atoms with Crippen molar-refractivity contribution in [1.29, 1.82) is 0 Å². The summed E-state index contributed by atoms with van der Waals surface area (Å²) in [5.41, 5.74) is 5.70. The molecule has 5 aliphatic carbocycles. The summed E-state index contributed by atoms with van der Waals surface area (Å²) in [6.07, 6.45) is 43.2. The molecule has 0 spiro atoms. The number of terminal acetylenes is 3. The largest absolute Gasteiger partial charge is 0.497 e. The Morgan fingerprint density at radius 1 is 0.810 bits per heavy atom. The van der Waals surface area contributed by atoms with Gasteiger partial charge in [0.1, 0.15) is 5.75 Å². The van der Waals surface area contributed by atoms with E-state index in [1.165, 1.54) is 75.3 Å². The van der Waals surface area contributed by atoms with E-state index in [2.05, 4.69) is 91.1 Å². The SMILES string of the molecule is C#C.C#C.C#C.C=CC.CC.CC1(C)C(c2ccc(C(=O)O)cc2)=CC[C@@]2(C)C1CC[C@@]1(C)C3CC[C@@]4(C)CCCC4[C@H]3CCC12.COc1ccc(CNC=O)cc1. The molecule has 4 fully saturated rings. The maximum absolute atomic E-state index is 11.4. The van der Waals surface area contributed by atoms with Crippen molar-refractivity contribution in [3.63, 3.8) is 0 Å². The number of hydrogen-bond donors (Lipinski definition) is 2. The van der Waals surface area contributed by atoms with Crippen molar-refractivity contribution in [2.75, 3.05) is 7.11 Å². The summed E-state index contributed by atoms with van der Waals surface area (Å²) in [6, 6.07) is 15.2. The lowest BCUT2D eigenvalue weighted by Crippen LogP contribution is -2.60. The van der Waals surface area contributed by atoms with Gasteiger partial charge in [0.2, 0.25) is 6.41 Å². The van der Waals surface area contributed by atoms with E-state index in [4.69, 9.17) is 4.74 Å². The molecule has 58 heavy (non-hydrogen) atoms. The van der Waals surface area contributed by atoms with Crippen LogP contribution in [0, 0.1) is 89.8 Å². The summed E-state index contributed by atoms with van der Waals surface area (Å²) in [5.74, 6) is 4.40. The number of carbonyl (C=O) groups excluding carboxylic acids is 1. The molecule has 2 aromatic rings. The van der Waals surface area contributed by atoms with Crippen LogP contribution in [0.4, 0.5) is 0 Å². The number of carbonyl (C=O) groups is 2. The number of ether oxygens (including phenoxy) is 1. The van der Waals surface area contributed by atoms with Gasteiger partial charge >= 0.3 is 5.97 Å². The Labute approximate surface area is 354 Å². The number of fused-ring (bicyclic) bond motifs is 7. The van der Waals surface area contributed by atoms with Crippen molar-refractivity contribution >= 4 is 18.0 Å². The summed E-state index contributed by atoms with van der Waals surface area (Å²) >= 11 is 0. The molecule has 8 atom stereocenters. The van der Waals surface area contributed by atoms with Crippen molar-refractivity contribution in [2.45, 2.75) is 126 Å². The van der Waals surface area contributed by atoms with Crippen LogP contribution in [-0.4, -0.2) is 24.6 Å². The molecule has 4 unspecified atom stereocenters. The lowest BCUT2D eigenvalue weighted by Gasteiger charge is -2.68. The zero-order chi connectivity index (χ0) is 44.3. The highest BCUT2D eigenvalue weighted by atomic mass is 16.5. The number of rotatable bonds is 6. The van der Waals surface area contributed by atoms with Crippen LogP contribution in [0.2, 0.25) is 0 Å². The Balaban J connectivity index is 0.000000611. The van der Waals surface area contributed by atoms with Gasteiger partial charge in [-0.2, -0.15) is 0 Å². The molecule has 316 valence electrons. The van der Waals surface area contributed by atoms with E-state index in [0.29, 0.717) is 40.7 Å². The first-order valence-electron chi connectivity index (χ1n) is 21.2. The molecular weight excluding hydrogens is 715 g/mol. The fourth-order valence-electron chi connectivity index (χ4n) is 12.3. The van der Waals surface area contributed by atoms with E-state index in [9.17, 15) is 14.7 Å². The molecule has 2 N–H and O–H groups in total. The molecule has 5 aliphatic rings. The number of carboxylic acids is 1. The third-order valence-corrected chi connectivity index (χ3v) is 14.5. The Kier molecular flexibility index (Phi) is 21.0. The van der Waals surface area contributed by atoms with Crippen molar-refractivity contribution in [3.05, 3.63) is 84.0 Å². The quantitative estimate of drug-likeness (QED) is 0.174. The van der Waals surface area contributed by atoms with E-state index >= 15 is 0 Å². The summed E-state index contributed by atoms with van der Waals surface area (Å²) in [7, 11) is 1.62. The van der Waals surface area contributed by atoms with E-state index in [1.54, 1.807) is 25.3 Å². The fraction of sp³-hybridized carbons (Fsp3) is 0.547. The third-order valence-electron chi connectivity index (χ3n) is 14.5. The van der Waals surface area contributed by atoms with E-state index in [-0.39, 0.29) is 5.41 Å². The van der Waals surface area contributed by atoms with Crippen LogP contribution in [-0.2, 0) is 11.3 Å². The Morgan fingerprint density at radius 2 is 1.40 bits per heavy atom. The highest BCUT2D eigenvalue weighted by molar-refractivity contribution is 5.88. The molecule has 0 bridgehead atoms. The molecule has 0 saturated heterocycles. The summed E-state index contributed by atoms with van der Waals surface area (Å²) < 4.78 is 4.98. The van der Waals surface area contributed by atoms with Crippen LogP contribution >= 0.6 is 0 Å². The van der Waals surface area contributed by atoms with Gasteiger partial charge in [0.05, 0.1) is 12.7 Å². The Bertz CT molecular complexity index is 1650. The second kappa shape index (κ2) is 23.7. The lowest BCUT2D eigenvalue weighted by molar-refractivity contribution is -0.176. The van der Waals surface area contributed by atoms with Crippen LogP contribution in [0.1, 0.15) is 141 Å². The van der Waals surface area contributed by atoms with E-state index in [0.717, 1.165) is 35.0 Å². The molecule has 1 amide bonds. The second-order valence-electron chi connectivity index (χ2n) is 17.4. The number of benzene rings is 2. The molecule has 5 heteroatoms. The first kappa shape index (κ1) is 51.4. The van der Waals surface area contributed by atoms with Gasteiger partial charge in [-0.15, -0.1) is 45.1 Å². The van der Waals surface area contributed by atoms with Gasteiger partial charge in [-0.05, 0) is 157 Å². The predicted octanol–water partition coefficient (Wildman–Crippen LogP) is 12.8. The second-order valence-corrected chi connectivity index (χ2v) is 17.4. The maximum atomic E-state index is 11.4. The first-order valence-corrected chi connectivity index (χ1v) is 21.2. The molecule has 0 heterocycles. The van der Waals surface area contributed by atoms with Crippen LogP contribution in [0.25, 0.3) is 5.57 Å². The molecule has 0 aliphatic heterocycles. The maximum Gasteiger partial charge on any atom is 0.335 e. The van der Waals surface area contributed by atoms with Gasteiger partial charge in [-0.3, -0.25) is 4.79 Å². The van der Waals surface area contributed by atoms with Gasteiger partial charge < -0.3 is 15.2 Å². The molecule has 0 aromatic heterocycles. The standard InChI is InChI=1S/C33H46O2.C9H11NO2.C3H6.C2H6.3C2H2/c1-30(2)24(21-8-10-22(11-9-21)29(34)35)15-19-33(5)27(30)16-20-32(4)26-14-18-31(3)17-6-7-25(31)23(26)12-13-28(32)33;1-12-9-4-2-8(3-5-9)6-10-7-11;1-3-2;4*1-2/h8-11,15,23,25-28H,6-7,12-14,16-20H2,1-5H3,(H,34,35);2-5,7H,6H2,1H3,(H,10,11);3H,1H2,2H3;1-2H3;3*1-2H/t23-,25?,26?,27?,28?,31-,32+,33+;;;;;;/m1....../s1. The highest BCUT2D eigenvalue weighted by Crippen LogP contribution is 2.73. The first-order chi connectivity index (χ1) is 27.8. The third kappa shape index (κ3) is 10.9. The summed E-state index contributed by atoms with van der Waals surface area (Å²) in [4.78, 5) is 21.3. The van der Waals surface area contributed by atoms with Crippen LogP contribution in [0.15, 0.2) is 67.3 Å². The van der Waals surface area contributed by atoms with Crippen LogP contribution in [0.5, 0.6) is 5.75 Å². The van der Waals surface area contributed by atoms with Crippen LogP contribution in [0.3, 0.4) is 0 Å². The number of aromatic carboxylic acids is 1. The van der Waals surface area contributed by atoms with Crippen molar-refractivity contribution < 1.29 is 19.4 Å². The summed E-state index contributed by atoms with van der Waals surface area (Å²) in [5, 5.41) is 11.9. The average molecular weight is 790 g/mol. The molecule has 2 aromatic carbocycles. The van der Waals surface area contributed by atoms with Gasteiger partial charge in [-0.1, -0.05) is 91.3 Å². The highest BCUT2D eigenvalue weighted by Gasteiger charge is 2.64. The predicted molar refractivity (Wildman–Crippen MR) is 246 cm³/mol. The number of methoxy groups -OCH3 is 1. The molecule has 5 nitrogen and oxygen atoms in total. The zero-order valence-corrected chi connectivity index (χ0v) is 37.4. The Hall–Kier alpha value is -4.66.